The van der Waals surface area contributed by atoms with Crippen LogP contribution in [-0.2, 0) is 21.5 Å². The van der Waals surface area contributed by atoms with Crippen LogP contribution in [0.2, 0.25) is 0 Å². The lowest BCUT2D eigenvalue weighted by molar-refractivity contribution is -0.129. The summed E-state index contributed by atoms with van der Waals surface area (Å²) in [6.45, 7) is 12.1. The van der Waals surface area contributed by atoms with Crippen LogP contribution in [0, 0.1) is 0 Å². The van der Waals surface area contributed by atoms with Gasteiger partial charge in [-0.05, 0) is 86.3 Å². The van der Waals surface area contributed by atoms with Crippen LogP contribution in [0.25, 0.3) is 10.9 Å². The van der Waals surface area contributed by atoms with Crippen LogP contribution in [0.5, 0.6) is 0 Å². The van der Waals surface area contributed by atoms with E-state index in [0.29, 0.717) is 49.8 Å². The molecule has 0 spiro atoms. The molecule has 0 N–H and O–H groups in total. The number of nitrogens with zero attached hydrogens (tertiary/aromatic N) is 3. The van der Waals surface area contributed by atoms with Gasteiger partial charge < -0.3 is 14.2 Å². The Morgan fingerprint density at radius 3 is 2.51 bits per heavy atom. The third-order valence-corrected chi connectivity index (χ3v) is 11.2. The Morgan fingerprint density at radius 2 is 1.79 bits per heavy atom. The number of methoxy groups -OCH3 is 1. The minimum Gasteiger partial charge on any atom is -0.465 e. The van der Waals surface area contributed by atoms with Crippen molar-refractivity contribution in [1.29, 1.82) is 0 Å². The van der Waals surface area contributed by atoms with E-state index in [0.717, 1.165) is 61.5 Å². The number of aromatic nitrogens is 1. The molecule has 4 heterocycles. The van der Waals surface area contributed by atoms with E-state index in [-0.39, 0.29) is 23.2 Å². The zero-order chi connectivity index (χ0) is 33.1. The van der Waals surface area contributed by atoms with Gasteiger partial charge in [0.15, 0.2) is 0 Å². The van der Waals surface area contributed by atoms with Gasteiger partial charge in [-0.25, -0.2) is 9.18 Å². The van der Waals surface area contributed by atoms with Crippen LogP contribution in [0.4, 0.5) is 4.39 Å². The van der Waals surface area contributed by atoms with Gasteiger partial charge in [0.05, 0.1) is 19.2 Å². The number of piperidine rings is 2. The smallest absolute Gasteiger partial charge is 0.337 e. The van der Waals surface area contributed by atoms with Gasteiger partial charge >= 0.3 is 5.97 Å². The van der Waals surface area contributed by atoms with E-state index in [1.165, 1.54) is 37.6 Å². The SMILES string of the molecule is C=C1/C=C\C/C=C\C(C)c2c(C3(C)CCCCC3)c3ccc(C(=O)OC)cc3n2C/C(C(=O)N2CCC(N3CCCC(F)C3)CC2)=C\1. The molecule has 47 heavy (non-hydrogen) atoms. The Labute approximate surface area is 280 Å². The van der Waals surface area contributed by atoms with Crippen molar-refractivity contribution in [2.75, 3.05) is 33.3 Å². The molecule has 1 saturated carbocycles. The predicted molar refractivity (Wildman–Crippen MR) is 188 cm³/mol. The van der Waals surface area contributed by atoms with E-state index in [4.69, 9.17) is 4.74 Å². The summed E-state index contributed by atoms with van der Waals surface area (Å²) in [5.74, 6) is -0.234. The molecule has 3 aliphatic heterocycles. The minimum absolute atomic E-state index is 0.00459. The molecule has 1 aromatic carbocycles. The van der Waals surface area contributed by atoms with Gasteiger partial charge in [0, 0.05) is 53.8 Å². The Hall–Kier alpha value is -3.45. The maximum Gasteiger partial charge on any atom is 0.337 e. The van der Waals surface area contributed by atoms with Crippen molar-refractivity contribution in [3.05, 3.63) is 83.1 Å². The van der Waals surface area contributed by atoms with Crippen molar-refractivity contribution in [2.24, 2.45) is 0 Å². The standard InChI is InChI=1S/C40H52FN3O3/c1-28-12-7-5-8-13-29(2)37-36(40(3)19-9-6-10-20-40)34-16-15-30(39(46)47-4)25-35(34)44(37)26-31(24-28)38(45)42-22-17-33(18-23-42)43-21-11-14-32(41)27-43/h7-8,12-13,15-16,24-25,29,32-33H,1,5-6,9-11,14,17-23,26-27H2,2-4H3/b12-7-,13-8-,31-24+. The van der Waals surface area contributed by atoms with E-state index in [1.54, 1.807) is 0 Å². The Bertz CT molecular complexity index is 1590. The van der Waals surface area contributed by atoms with Gasteiger partial charge in [-0.1, -0.05) is 70.1 Å². The van der Waals surface area contributed by atoms with E-state index in [2.05, 4.69) is 54.2 Å². The fraction of sp³-hybridized carbons (Fsp3) is 0.550. The lowest BCUT2D eigenvalue weighted by atomic mass is 9.69. The number of hydrogen-bond donors (Lipinski definition) is 0. The number of ether oxygens (including phenoxy) is 1. The van der Waals surface area contributed by atoms with Crippen LogP contribution in [-0.4, -0.2) is 71.7 Å². The number of halogens is 1. The lowest BCUT2D eigenvalue weighted by Gasteiger charge is -2.41. The molecule has 1 aromatic heterocycles. The molecule has 6 rings (SSSR count). The fourth-order valence-corrected chi connectivity index (χ4v) is 8.68. The van der Waals surface area contributed by atoms with Crippen LogP contribution in [0.15, 0.2) is 66.3 Å². The maximum absolute atomic E-state index is 14.5. The number of amides is 1. The van der Waals surface area contributed by atoms with E-state index >= 15 is 0 Å². The lowest BCUT2D eigenvalue weighted by Crippen LogP contribution is -2.50. The summed E-state index contributed by atoms with van der Waals surface area (Å²) in [5, 5.41) is 1.16. The maximum atomic E-state index is 14.5. The second kappa shape index (κ2) is 14.3. The summed E-state index contributed by atoms with van der Waals surface area (Å²) in [4.78, 5) is 31.6. The van der Waals surface area contributed by atoms with E-state index in [1.807, 2.05) is 29.2 Å². The number of carbonyl (C=O) groups excluding carboxylic acids is 2. The van der Waals surface area contributed by atoms with Crippen molar-refractivity contribution in [1.82, 2.24) is 14.4 Å². The summed E-state index contributed by atoms with van der Waals surface area (Å²) in [6, 6.07) is 6.27. The highest BCUT2D eigenvalue weighted by Crippen LogP contribution is 2.47. The number of likely N-dealkylation sites (tertiary alicyclic amines) is 2. The van der Waals surface area contributed by atoms with Crippen molar-refractivity contribution in [3.63, 3.8) is 0 Å². The average Bonchev–Trinajstić information content (AvgIpc) is 3.41. The Morgan fingerprint density at radius 1 is 1.02 bits per heavy atom. The second-order valence-electron chi connectivity index (χ2n) is 14.5. The molecular formula is C40H52FN3O3. The first-order chi connectivity index (χ1) is 22.7. The zero-order valence-electron chi connectivity index (χ0n) is 28.6. The Balaban J connectivity index is 1.42. The second-order valence-corrected chi connectivity index (χ2v) is 14.5. The molecule has 7 heteroatoms. The number of benzene rings is 1. The molecular weight excluding hydrogens is 589 g/mol. The number of allylic oxidation sites excluding steroid dienone is 6. The van der Waals surface area contributed by atoms with Crippen LogP contribution < -0.4 is 0 Å². The third kappa shape index (κ3) is 7.06. The first-order valence-corrected chi connectivity index (χ1v) is 17.8. The van der Waals surface area contributed by atoms with Gasteiger partial charge in [-0.15, -0.1) is 0 Å². The number of rotatable bonds is 4. The first kappa shape index (κ1) is 33.5. The topological polar surface area (TPSA) is 54.8 Å². The monoisotopic (exact) mass is 641 g/mol. The number of alkyl halides is 1. The van der Waals surface area contributed by atoms with Crippen molar-refractivity contribution in [3.8, 4) is 0 Å². The zero-order valence-corrected chi connectivity index (χ0v) is 28.6. The molecule has 0 bridgehead atoms. The predicted octanol–water partition coefficient (Wildman–Crippen LogP) is 8.18. The summed E-state index contributed by atoms with van der Waals surface area (Å²) in [5.41, 5.74) is 5.53. The first-order valence-electron chi connectivity index (χ1n) is 17.8. The number of esters is 1. The summed E-state index contributed by atoms with van der Waals surface area (Å²) < 4.78 is 21.7. The molecule has 4 aliphatic rings. The normalized spacial score (nSPS) is 27.2. The van der Waals surface area contributed by atoms with Crippen molar-refractivity contribution in [2.45, 2.75) is 108 Å². The highest BCUT2D eigenvalue weighted by atomic mass is 19.1. The highest BCUT2D eigenvalue weighted by Gasteiger charge is 2.37. The van der Waals surface area contributed by atoms with Gasteiger partial charge in [0.1, 0.15) is 6.17 Å². The molecule has 2 unspecified atom stereocenters. The number of hydrogen-bond acceptors (Lipinski definition) is 4. The number of fused-ring (bicyclic) bond motifs is 3. The van der Waals surface area contributed by atoms with Crippen LogP contribution in [0.3, 0.4) is 0 Å². The van der Waals surface area contributed by atoms with Crippen molar-refractivity contribution >= 4 is 22.8 Å². The third-order valence-electron chi connectivity index (χ3n) is 11.2. The molecule has 2 saturated heterocycles. The summed E-state index contributed by atoms with van der Waals surface area (Å²) >= 11 is 0. The molecule has 1 amide bonds. The van der Waals surface area contributed by atoms with E-state index < -0.39 is 6.17 Å². The van der Waals surface area contributed by atoms with Gasteiger partial charge in [-0.2, -0.15) is 0 Å². The average molecular weight is 642 g/mol. The van der Waals surface area contributed by atoms with Crippen molar-refractivity contribution < 1.29 is 18.7 Å². The fourth-order valence-electron chi connectivity index (χ4n) is 8.68. The molecule has 3 fully saturated rings. The summed E-state index contributed by atoms with van der Waals surface area (Å²) in [6.07, 6.45) is 19.8. The van der Waals surface area contributed by atoms with Crippen LogP contribution >= 0.6 is 0 Å². The van der Waals surface area contributed by atoms with Gasteiger partial charge in [0.2, 0.25) is 0 Å². The summed E-state index contributed by atoms with van der Waals surface area (Å²) in [7, 11) is 1.42. The van der Waals surface area contributed by atoms with Crippen LogP contribution in [0.1, 0.15) is 106 Å². The molecule has 0 radical (unpaired) electrons. The van der Waals surface area contributed by atoms with Gasteiger partial charge in [0.25, 0.3) is 5.91 Å². The van der Waals surface area contributed by atoms with Gasteiger partial charge in [-0.3, -0.25) is 9.69 Å². The highest BCUT2D eigenvalue weighted by molar-refractivity contribution is 5.98. The molecule has 6 nitrogen and oxygen atoms in total. The molecule has 1 aliphatic carbocycles. The van der Waals surface area contributed by atoms with E-state index in [9.17, 15) is 14.0 Å². The molecule has 252 valence electrons. The largest absolute Gasteiger partial charge is 0.465 e. The molecule has 2 aromatic rings. The Kier molecular flexibility index (Phi) is 10.2. The minimum atomic E-state index is -0.743. The quantitative estimate of drug-likeness (QED) is 0.250. The molecule has 2 atom stereocenters. The number of carbonyl (C=O) groups is 2.